The largest absolute Gasteiger partial charge is 0.298 e. The van der Waals surface area contributed by atoms with Gasteiger partial charge in [0.05, 0.1) is 11.1 Å². The van der Waals surface area contributed by atoms with Crippen molar-refractivity contribution in [1.29, 1.82) is 0 Å². The van der Waals surface area contributed by atoms with E-state index in [1.165, 1.54) is 18.3 Å². The van der Waals surface area contributed by atoms with Gasteiger partial charge in [0.1, 0.15) is 5.69 Å². The molecule has 0 saturated heterocycles. The van der Waals surface area contributed by atoms with Crippen LogP contribution in [0.5, 0.6) is 0 Å². The van der Waals surface area contributed by atoms with Gasteiger partial charge in [0, 0.05) is 11.8 Å². The third-order valence-corrected chi connectivity index (χ3v) is 2.76. The summed E-state index contributed by atoms with van der Waals surface area (Å²) in [4.78, 5) is 11.1. The van der Waals surface area contributed by atoms with E-state index >= 15 is 0 Å². The number of hydrogen-bond donors (Lipinski definition) is 0. The van der Waals surface area contributed by atoms with Crippen molar-refractivity contribution in [2.45, 2.75) is 26.3 Å². The zero-order chi connectivity index (χ0) is 14.2. The molecular formula is C14H14F2N2O. The Morgan fingerprint density at radius 1 is 1.26 bits per heavy atom. The molecule has 0 unspecified atom stereocenters. The van der Waals surface area contributed by atoms with Gasteiger partial charge in [0.15, 0.2) is 17.9 Å². The van der Waals surface area contributed by atoms with Gasteiger partial charge in [-0.3, -0.25) is 9.48 Å². The molecule has 0 radical (unpaired) electrons. The van der Waals surface area contributed by atoms with Crippen LogP contribution in [0.15, 0.2) is 24.4 Å². The van der Waals surface area contributed by atoms with Gasteiger partial charge in [-0.15, -0.1) is 0 Å². The van der Waals surface area contributed by atoms with Crippen LogP contribution in [0.1, 0.15) is 31.1 Å². The van der Waals surface area contributed by atoms with Gasteiger partial charge in [-0.05, 0) is 32.9 Å². The molecule has 0 spiro atoms. The number of aldehydes is 1. The standard InChI is InChI=1S/C14H14F2N2O/c1-14(2,3)18-7-9(8-19)13(17-18)10-5-4-6-11(15)12(10)16/h4-8H,1-3H3. The molecule has 5 heteroatoms. The molecule has 1 aromatic heterocycles. The van der Waals surface area contributed by atoms with Crippen LogP contribution in [0.25, 0.3) is 11.3 Å². The van der Waals surface area contributed by atoms with Crippen molar-refractivity contribution in [2.24, 2.45) is 0 Å². The highest BCUT2D eigenvalue weighted by atomic mass is 19.2. The van der Waals surface area contributed by atoms with Crippen molar-refractivity contribution < 1.29 is 13.6 Å². The fraction of sp³-hybridized carbons (Fsp3) is 0.286. The minimum absolute atomic E-state index is 0.00917. The zero-order valence-electron chi connectivity index (χ0n) is 10.9. The molecule has 0 amide bonds. The van der Waals surface area contributed by atoms with E-state index < -0.39 is 11.6 Å². The summed E-state index contributed by atoms with van der Waals surface area (Å²) >= 11 is 0. The number of carbonyl (C=O) groups is 1. The second-order valence-corrected chi connectivity index (χ2v) is 5.27. The number of halogens is 2. The van der Waals surface area contributed by atoms with Crippen molar-refractivity contribution in [3.05, 3.63) is 41.6 Å². The maximum Gasteiger partial charge on any atom is 0.168 e. The lowest BCUT2D eigenvalue weighted by molar-refractivity contribution is 0.112. The average molecular weight is 264 g/mol. The zero-order valence-corrected chi connectivity index (χ0v) is 10.9. The Morgan fingerprint density at radius 3 is 2.53 bits per heavy atom. The molecule has 0 atom stereocenters. The first kappa shape index (κ1) is 13.4. The maximum atomic E-state index is 13.8. The molecular weight excluding hydrogens is 250 g/mol. The number of nitrogens with zero attached hydrogens (tertiary/aromatic N) is 2. The Kier molecular flexibility index (Phi) is 3.22. The van der Waals surface area contributed by atoms with Crippen molar-refractivity contribution in [3.8, 4) is 11.3 Å². The fourth-order valence-electron chi connectivity index (χ4n) is 1.71. The van der Waals surface area contributed by atoms with Gasteiger partial charge in [-0.2, -0.15) is 5.10 Å². The highest BCUT2D eigenvalue weighted by Crippen LogP contribution is 2.27. The van der Waals surface area contributed by atoms with Gasteiger partial charge >= 0.3 is 0 Å². The first-order valence-corrected chi connectivity index (χ1v) is 5.84. The highest BCUT2D eigenvalue weighted by molar-refractivity contribution is 5.85. The van der Waals surface area contributed by atoms with Gasteiger partial charge in [0.2, 0.25) is 0 Å². The van der Waals surface area contributed by atoms with Crippen LogP contribution in [0, 0.1) is 11.6 Å². The van der Waals surface area contributed by atoms with Crippen LogP contribution < -0.4 is 0 Å². The molecule has 0 aliphatic carbocycles. The molecule has 19 heavy (non-hydrogen) atoms. The molecule has 100 valence electrons. The van der Waals surface area contributed by atoms with Crippen LogP contribution in [0.4, 0.5) is 8.78 Å². The summed E-state index contributed by atoms with van der Waals surface area (Å²) in [5, 5.41) is 4.20. The molecule has 0 fully saturated rings. The molecule has 1 heterocycles. The minimum atomic E-state index is -0.996. The first-order chi connectivity index (χ1) is 8.84. The summed E-state index contributed by atoms with van der Waals surface area (Å²) in [6.07, 6.45) is 2.13. The smallest absolute Gasteiger partial charge is 0.168 e. The molecule has 0 N–H and O–H groups in total. The van der Waals surface area contributed by atoms with E-state index in [2.05, 4.69) is 5.10 Å². The molecule has 0 saturated carbocycles. The topological polar surface area (TPSA) is 34.9 Å². The summed E-state index contributed by atoms with van der Waals surface area (Å²) in [6, 6.07) is 3.82. The van der Waals surface area contributed by atoms with Crippen LogP contribution in [-0.4, -0.2) is 16.1 Å². The van der Waals surface area contributed by atoms with Gasteiger partial charge in [0.25, 0.3) is 0 Å². The second kappa shape index (κ2) is 4.57. The van der Waals surface area contributed by atoms with Crippen molar-refractivity contribution in [3.63, 3.8) is 0 Å². The third kappa shape index (κ3) is 2.41. The summed E-state index contributed by atoms with van der Waals surface area (Å²) in [6.45, 7) is 5.71. The highest BCUT2D eigenvalue weighted by Gasteiger charge is 2.21. The van der Waals surface area contributed by atoms with Crippen LogP contribution in [0.3, 0.4) is 0 Å². The first-order valence-electron chi connectivity index (χ1n) is 5.84. The molecule has 0 aliphatic heterocycles. The third-order valence-electron chi connectivity index (χ3n) is 2.76. The van der Waals surface area contributed by atoms with E-state index in [1.807, 2.05) is 20.8 Å². The Balaban J connectivity index is 2.65. The molecule has 1 aromatic carbocycles. The number of aromatic nitrogens is 2. The average Bonchev–Trinajstić information content (AvgIpc) is 2.76. The van der Waals surface area contributed by atoms with E-state index in [0.29, 0.717) is 6.29 Å². The van der Waals surface area contributed by atoms with E-state index in [1.54, 1.807) is 4.68 Å². The predicted molar refractivity (Wildman–Crippen MR) is 68.0 cm³/mol. The van der Waals surface area contributed by atoms with Crippen molar-refractivity contribution in [1.82, 2.24) is 9.78 Å². The van der Waals surface area contributed by atoms with Gasteiger partial charge in [-0.25, -0.2) is 8.78 Å². The Bertz CT molecular complexity index is 627. The van der Waals surface area contributed by atoms with Crippen LogP contribution in [0.2, 0.25) is 0 Å². The van der Waals surface area contributed by atoms with Crippen LogP contribution in [-0.2, 0) is 5.54 Å². The predicted octanol–water partition coefficient (Wildman–Crippen LogP) is 3.40. The Morgan fingerprint density at radius 2 is 1.95 bits per heavy atom. The quantitative estimate of drug-likeness (QED) is 0.779. The van der Waals surface area contributed by atoms with Crippen molar-refractivity contribution in [2.75, 3.05) is 0 Å². The second-order valence-electron chi connectivity index (χ2n) is 5.27. The molecule has 3 nitrogen and oxygen atoms in total. The van der Waals surface area contributed by atoms with E-state index in [4.69, 9.17) is 0 Å². The molecule has 2 rings (SSSR count). The summed E-state index contributed by atoms with van der Waals surface area (Å²) in [5.41, 5.74) is 0.0336. The molecule has 0 aliphatic rings. The monoisotopic (exact) mass is 264 g/mol. The van der Waals surface area contributed by atoms with Crippen LogP contribution >= 0.6 is 0 Å². The number of rotatable bonds is 2. The summed E-state index contributed by atoms with van der Waals surface area (Å²) in [7, 11) is 0. The summed E-state index contributed by atoms with van der Waals surface area (Å²) in [5.74, 6) is -1.95. The van der Waals surface area contributed by atoms with Gasteiger partial charge in [-0.1, -0.05) is 6.07 Å². The minimum Gasteiger partial charge on any atom is -0.298 e. The normalized spacial score (nSPS) is 11.6. The number of hydrogen-bond acceptors (Lipinski definition) is 2. The van der Waals surface area contributed by atoms with E-state index in [-0.39, 0.29) is 22.4 Å². The lowest BCUT2D eigenvalue weighted by Gasteiger charge is -2.18. The SMILES string of the molecule is CC(C)(C)n1cc(C=O)c(-c2cccc(F)c2F)n1. The Labute approximate surface area is 109 Å². The number of carbonyl (C=O) groups excluding carboxylic acids is 1. The van der Waals surface area contributed by atoms with Gasteiger partial charge < -0.3 is 0 Å². The lowest BCUT2D eigenvalue weighted by Crippen LogP contribution is -2.22. The van der Waals surface area contributed by atoms with E-state index in [9.17, 15) is 13.6 Å². The maximum absolute atomic E-state index is 13.8. The van der Waals surface area contributed by atoms with Crippen molar-refractivity contribution >= 4 is 6.29 Å². The molecule has 0 bridgehead atoms. The number of benzene rings is 1. The van der Waals surface area contributed by atoms with E-state index in [0.717, 1.165) is 6.07 Å². The summed E-state index contributed by atoms with van der Waals surface area (Å²) < 4.78 is 28.6. The lowest BCUT2D eigenvalue weighted by atomic mass is 10.1. The fourth-order valence-corrected chi connectivity index (χ4v) is 1.71. The molecule has 2 aromatic rings. The Hall–Kier alpha value is -2.04.